The molecule has 0 bridgehead atoms. The Kier molecular flexibility index (Phi) is 5.31. The van der Waals surface area contributed by atoms with Gasteiger partial charge < -0.3 is 4.90 Å². The van der Waals surface area contributed by atoms with Gasteiger partial charge in [0, 0.05) is 43.2 Å². The van der Waals surface area contributed by atoms with Gasteiger partial charge in [-0.2, -0.15) is 0 Å². The predicted octanol–water partition coefficient (Wildman–Crippen LogP) is 3.58. The standard InChI is InChI=1S/C20H24FN3OS/c21-16-5-3-4-15(12-16)20-22-17(14-26-20)13-19(25)24-10-8-23(9-11-24)18-6-1-2-7-18/h3-5,12,14,18H,1-2,6-11,13H2. The number of nitrogens with zero attached hydrogens (tertiary/aromatic N) is 3. The minimum atomic E-state index is -0.268. The van der Waals surface area contributed by atoms with E-state index in [0.29, 0.717) is 6.42 Å². The van der Waals surface area contributed by atoms with Gasteiger partial charge in [0.1, 0.15) is 10.8 Å². The van der Waals surface area contributed by atoms with Crippen molar-refractivity contribution in [3.05, 3.63) is 41.2 Å². The molecule has 0 atom stereocenters. The molecule has 1 aliphatic carbocycles. The highest BCUT2D eigenvalue weighted by atomic mass is 32.1. The molecule has 4 nitrogen and oxygen atoms in total. The number of thiazole rings is 1. The first-order valence-electron chi connectivity index (χ1n) is 9.41. The van der Waals surface area contributed by atoms with Gasteiger partial charge in [0.25, 0.3) is 0 Å². The van der Waals surface area contributed by atoms with E-state index in [1.54, 1.807) is 6.07 Å². The Bertz CT molecular complexity index is 764. The Balaban J connectivity index is 1.32. The van der Waals surface area contributed by atoms with Crippen LogP contribution < -0.4 is 0 Å². The molecule has 1 saturated carbocycles. The first-order chi connectivity index (χ1) is 12.7. The number of piperazine rings is 1. The van der Waals surface area contributed by atoms with Crippen molar-refractivity contribution in [1.29, 1.82) is 0 Å². The molecule has 0 spiro atoms. The normalized spacial score (nSPS) is 19.2. The summed E-state index contributed by atoms with van der Waals surface area (Å²) in [4.78, 5) is 21.7. The van der Waals surface area contributed by atoms with Gasteiger partial charge in [-0.1, -0.05) is 25.0 Å². The third kappa shape index (κ3) is 3.96. The van der Waals surface area contributed by atoms with Gasteiger partial charge in [-0.3, -0.25) is 9.69 Å². The van der Waals surface area contributed by atoms with Crippen molar-refractivity contribution in [2.45, 2.75) is 38.1 Å². The number of carbonyl (C=O) groups is 1. The summed E-state index contributed by atoms with van der Waals surface area (Å²) in [6, 6.07) is 7.16. The molecule has 2 aliphatic rings. The highest BCUT2D eigenvalue weighted by molar-refractivity contribution is 7.13. The number of amides is 1. The molecule has 0 unspecified atom stereocenters. The van der Waals surface area contributed by atoms with E-state index in [0.717, 1.165) is 48.5 Å². The maximum absolute atomic E-state index is 13.4. The molecular formula is C20H24FN3OS. The van der Waals surface area contributed by atoms with Crippen LogP contribution in [-0.2, 0) is 11.2 Å². The van der Waals surface area contributed by atoms with E-state index in [-0.39, 0.29) is 11.7 Å². The third-order valence-corrected chi connectivity index (χ3v) is 6.40. The highest BCUT2D eigenvalue weighted by Gasteiger charge is 2.28. The molecule has 4 rings (SSSR count). The van der Waals surface area contributed by atoms with Gasteiger partial charge in [0.15, 0.2) is 0 Å². The lowest BCUT2D eigenvalue weighted by Gasteiger charge is -2.38. The fourth-order valence-electron chi connectivity index (χ4n) is 4.01. The van der Waals surface area contributed by atoms with Crippen molar-refractivity contribution in [1.82, 2.24) is 14.8 Å². The first-order valence-corrected chi connectivity index (χ1v) is 10.3. The molecule has 6 heteroatoms. The lowest BCUT2D eigenvalue weighted by atomic mass is 10.1. The van der Waals surface area contributed by atoms with Crippen LogP contribution >= 0.6 is 11.3 Å². The molecule has 2 aromatic rings. The van der Waals surface area contributed by atoms with Gasteiger partial charge >= 0.3 is 0 Å². The highest BCUT2D eigenvalue weighted by Crippen LogP contribution is 2.26. The minimum Gasteiger partial charge on any atom is -0.340 e. The number of rotatable bonds is 4. The Labute approximate surface area is 157 Å². The molecule has 1 saturated heterocycles. The molecule has 1 amide bonds. The Morgan fingerprint density at radius 1 is 1.19 bits per heavy atom. The summed E-state index contributed by atoms with van der Waals surface area (Å²) < 4.78 is 13.4. The van der Waals surface area contributed by atoms with Crippen molar-refractivity contribution < 1.29 is 9.18 Å². The van der Waals surface area contributed by atoms with Crippen LogP contribution in [0, 0.1) is 5.82 Å². The van der Waals surface area contributed by atoms with Crippen molar-refractivity contribution in [2.24, 2.45) is 0 Å². The Hall–Kier alpha value is -1.79. The molecular weight excluding hydrogens is 349 g/mol. The topological polar surface area (TPSA) is 36.4 Å². The molecule has 1 aliphatic heterocycles. The zero-order valence-electron chi connectivity index (χ0n) is 14.9. The average molecular weight is 373 g/mol. The van der Waals surface area contributed by atoms with Crippen LogP contribution in [0.1, 0.15) is 31.4 Å². The summed E-state index contributed by atoms with van der Waals surface area (Å²) in [5.41, 5.74) is 1.54. The van der Waals surface area contributed by atoms with Crippen LogP contribution in [0.15, 0.2) is 29.6 Å². The Morgan fingerprint density at radius 2 is 1.96 bits per heavy atom. The smallest absolute Gasteiger partial charge is 0.228 e. The van der Waals surface area contributed by atoms with E-state index < -0.39 is 0 Å². The van der Waals surface area contributed by atoms with Crippen molar-refractivity contribution in [3.63, 3.8) is 0 Å². The summed E-state index contributed by atoms with van der Waals surface area (Å²) in [5, 5.41) is 2.67. The zero-order chi connectivity index (χ0) is 17.9. The van der Waals surface area contributed by atoms with E-state index in [1.807, 2.05) is 16.3 Å². The molecule has 1 aromatic carbocycles. The lowest BCUT2D eigenvalue weighted by Crippen LogP contribution is -2.51. The average Bonchev–Trinajstić information content (AvgIpc) is 3.34. The fourth-order valence-corrected chi connectivity index (χ4v) is 4.83. The van der Waals surface area contributed by atoms with Crippen molar-refractivity contribution in [3.8, 4) is 10.6 Å². The maximum Gasteiger partial charge on any atom is 0.228 e. The summed E-state index contributed by atoms with van der Waals surface area (Å²) in [5.74, 6) is -0.123. The Morgan fingerprint density at radius 3 is 2.69 bits per heavy atom. The van der Waals surface area contributed by atoms with E-state index in [9.17, 15) is 9.18 Å². The van der Waals surface area contributed by atoms with Crippen LogP contribution in [0.3, 0.4) is 0 Å². The van der Waals surface area contributed by atoms with E-state index in [2.05, 4.69) is 9.88 Å². The number of hydrogen-bond donors (Lipinski definition) is 0. The van der Waals surface area contributed by atoms with Crippen LogP contribution in [-0.4, -0.2) is 52.9 Å². The fraction of sp³-hybridized carbons (Fsp3) is 0.500. The first kappa shape index (κ1) is 17.6. The second-order valence-corrected chi connectivity index (χ2v) is 8.04. The number of carbonyl (C=O) groups excluding carboxylic acids is 1. The van der Waals surface area contributed by atoms with Gasteiger partial charge in [-0.15, -0.1) is 11.3 Å². The van der Waals surface area contributed by atoms with E-state index in [1.165, 1.54) is 49.2 Å². The quantitative estimate of drug-likeness (QED) is 0.822. The molecule has 26 heavy (non-hydrogen) atoms. The van der Waals surface area contributed by atoms with Gasteiger partial charge in [-0.25, -0.2) is 9.37 Å². The second kappa shape index (κ2) is 7.84. The summed E-state index contributed by atoms with van der Waals surface area (Å²) >= 11 is 1.46. The zero-order valence-corrected chi connectivity index (χ0v) is 15.7. The van der Waals surface area contributed by atoms with Crippen molar-refractivity contribution >= 4 is 17.2 Å². The minimum absolute atomic E-state index is 0.146. The summed E-state index contributed by atoms with van der Waals surface area (Å²) in [6.45, 7) is 3.61. The third-order valence-electron chi connectivity index (χ3n) is 5.46. The number of halogens is 1. The molecule has 0 radical (unpaired) electrons. The molecule has 0 N–H and O–H groups in total. The van der Waals surface area contributed by atoms with Crippen LogP contribution in [0.25, 0.3) is 10.6 Å². The SMILES string of the molecule is O=C(Cc1csc(-c2cccc(F)c2)n1)N1CCN(C2CCCC2)CC1. The number of aromatic nitrogens is 1. The van der Waals surface area contributed by atoms with Crippen molar-refractivity contribution in [2.75, 3.05) is 26.2 Å². The van der Waals surface area contributed by atoms with Crippen LogP contribution in [0.5, 0.6) is 0 Å². The summed E-state index contributed by atoms with van der Waals surface area (Å²) in [7, 11) is 0. The van der Waals surface area contributed by atoms with Gasteiger partial charge in [0.2, 0.25) is 5.91 Å². The van der Waals surface area contributed by atoms with Gasteiger partial charge in [0.05, 0.1) is 12.1 Å². The lowest BCUT2D eigenvalue weighted by molar-refractivity contribution is -0.132. The van der Waals surface area contributed by atoms with Gasteiger partial charge in [-0.05, 0) is 25.0 Å². The van der Waals surface area contributed by atoms with E-state index >= 15 is 0 Å². The molecule has 2 heterocycles. The predicted molar refractivity (Wildman–Crippen MR) is 102 cm³/mol. The van der Waals surface area contributed by atoms with E-state index in [4.69, 9.17) is 0 Å². The molecule has 1 aromatic heterocycles. The summed E-state index contributed by atoms with van der Waals surface area (Å²) in [6.07, 6.45) is 5.66. The largest absolute Gasteiger partial charge is 0.340 e. The maximum atomic E-state index is 13.4. The molecule has 138 valence electrons. The number of benzene rings is 1. The monoisotopic (exact) mass is 373 g/mol. The second-order valence-electron chi connectivity index (χ2n) is 7.19. The van der Waals surface area contributed by atoms with Crippen LogP contribution in [0.2, 0.25) is 0 Å². The molecule has 2 fully saturated rings. The van der Waals surface area contributed by atoms with Crippen LogP contribution in [0.4, 0.5) is 4.39 Å². The number of hydrogen-bond acceptors (Lipinski definition) is 4.